The van der Waals surface area contributed by atoms with Gasteiger partial charge in [0.25, 0.3) is 0 Å². The minimum Gasteiger partial charge on any atom is -0.381 e. The molecule has 1 aliphatic rings. The maximum absolute atomic E-state index is 5.49. The van der Waals surface area contributed by atoms with Crippen LogP contribution in [-0.4, -0.2) is 39.0 Å². The van der Waals surface area contributed by atoms with Gasteiger partial charge in [0.05, 0.1) is 13.2 Å². The molecule has 1 fully saturated rings. The first kappa shape index (κ1) is 12.0. The van der Waals surface area contributed by atoms with Crippen molar-refractivity contribution in [3.8, 4) is 0 Å². The van der Waals surface area contributed by atoms with Crippen LogP contribution < -0.4 is 5.32 Å². The predicted octanol–water partition coefficient (Wildman–Crippen LogP) is 1.43. The molecule has 0 aromatic rings. The molecule has 1 aliphatic heterocycles. The standard InChI is InChI=1S/C11H23NO2/c1-3-12-11(9-13-4-2)10-6-5-7-14-8-10/h10-12H,3-9H2,1-2H3. The van der Waals surface area contributed by atoms with Gasteiger partial charge in [-0.3, -0.25) is 0 Å². The van der Waals surface area contributed by atoms with Crippen LogP contribution in [0.3, 0.4) is 0 Å². The summed E-state index contributed by atoms with van der Waals surface area (Å²) in [6, 6.07) is 0.472. The lowest BCUT2D eigenvalue weighted by molar-refractivity contribution is 0.0168. The molecule has 3 nitrogen and oxygen atoms in total. The molecule has 0 radical (unpaired) electrons. The Morgan fingerprint density at radius 3 is 2.93 bits per heavy atom. The lowest BCUT2D eigenvalue weighted by Gasteiger charge is -2.30. The second kappa shape index (κ2) is 7.21. The third kappa shape index (κ3) is 3.95. The molecule has 2 unspecified atom stereocenters. The van der Waals surface area contributed by atoms with E-state index in [-0.39, 0.29) is 0 Å². The van der Waals surface area contributed by atoms with Crippen LogP contribution in [0.4, 0.5) is 0 Å². The van der Waals surface area contributed by atoms with Crippen molar-refractivity contribution in [3.05, 3.63) is 0 Å². The van der Waals surface area contributed by atoms with E-state index in [4.69, 9.17) is 9.47 Å². The highest BCUT2D eigenvalue weighted by molar-refractivity contribution is 4.77. The van der Waals surface area contributed by atoms with E-state index in [0.717, 1.165) is 33.0 Å². The van der Waals surface area contributed by atoms with Gasteiger partial charge in [0.1, 0.15) is 0 Å². The van der Waals surface area contributed by atoms with Gasteiger partial charge in [-0.2, -0.15) is 0 Å². The van der Waals surface area contributed by atoms with Crippen molar-refractivity contribution in [1.82, 2.24) is 5.32 Å². The van der Waals surface area contributed by atoms with Crippen LogP contribution in [-0.2, 0) is 9.47 Å². The molecule has 0 aliphatic carbocycles. The molecule has 2 atom stereocenters. The maximum Gasteiger partial charge on any atom is 0.0623 e. The van der Waals surface area contributed by atoms with Crippen molar-refractivity contribution in [2.45, 2.75) is 32.7 Å². The van der Waals surface area contributed by atoms with Crippen LogP contribution in [0.15, 0.2) is 0 Å². The zero-order valence-electron chi connectivity index (χ0n) is 9.42. The highest BCUT2D eigenvalue weighted by Crippen LogP contribution is 2.17. The second-order valence-corrected chi connectivity index (χ2v) is 3.80. The Morgan fingerprint density at radius 2 is 2.36 bits per heavy atom. The van der Waals surface area contributed by atoms with Gasteiger partial charge in [0.15, 0.2) is 0 Å². The summed E-state index contributed by atoms with van der Waals surface area (Å²) in [7, 11) is 0. The first-order valence-electron chi connectivity index (χ1n) is 5.77. The number of rotatable bonds is 6. The second-order valence-electron chi connectivity index (χ2n) is 3.80. The van der Waals surface area contributed by atoms with E-state index in [0.29, 0.717) is 12.0 Å². The summed E-state index contributed by atoms with van der Waals surface area (Å²) in [5.41, 5.74) is 0. The summed E-state index contributed by atoms with van der Waals surface area (Å²) in [5, 5.41) is 3.48. The molecule has 1 rings (SSSR count). The molecule has 14 heavy (non-hydrogen) atoms. The van der Waals surface area contributed by atoms with Crippen LogP contribution in [0.2, 0.25) is 0 Å². The molecular weight excluding hydrogens is 178 g/mol. The van der Waals surface area contributed by atoms with Gasteiger partial charge in [-0.25, -0.2) is 0 Å². The topological polar surface area (TPSA) is 30.5 Å². The predicted molar refractivity (Wildman–Crippen MR) is 57.5 cm³/mol. The van der Waals surface area contributed by atoms with Crippen molar-refractivity contribution in [2.24, 2.45) is 5.92 Å². The summed E-state index contributed by atoms with van der Waals surface area (Å²) >= 11 is 0. The number of likely N-dealkylation sites (N-methyl/N-ethyl adjacent to an activating group) is 1. The Morgan fingerprint density at radius 1 is 1.50 bits per heavy atom. The largest absolute Gasteiger partial charge is 0.381 e. The van der Waals surface area contributed by atoms with Crippen molar-refractivity contribution in [1.29, 1.82) is 0 Å². The fourth-order valence-electron chi connectivity index (χ4n) is 1.95. The molecule has 0 saturated carbocycles. The van der Waals surface area contributed by atoms with Gasteiger partial charge in [-0.05, 0) is 32.2 Å². The highest BCUT2D eigenvalue weighted by atomic mass is 16.5. The third-order valence-corrected chi connectivity index (χ3v) is 2.73. The summed E-state index contributed by atoms with van der Waals surface area (Å²) in [5.74, 6) is 0.634. The fourth-order valence-corrected chi connectivity index (χ4v) is 1.95. The van der Waals surface area contributed by atoms with Crippen molar-refractivity contribution < 1.29 is 9.47 Å². The smallest absolute Gasteiger partial charge is 0.0623 e. The Labute approximate surface area is 87.2 Å². The van der Waals surface area contributed by atoms with E-state index in [9.17, 15) is 0 Å². The van der Waals surface area contributed by atoms with Gasteiger partial charge in [0.2, 0.25) is 0 Å². The molecule has 1 saturated heterocycles. The molecule has 0 aromatic carbocycles. The van der Waals surface area contributed by atoms with Crippen LogP contribution in [0.5, 0.6) is 0 Å². The minimum absolute atomic E-state index is 0.472. The quantitative estimate of drug-likeness (QED) is 0.705. The molecule has 0 bridgehead atoms. The first-order chi connectivity index (χ1) is 6.88. The number of hydrogen-bond donors (Lipinski definition) is 1. The Hall–Kier alpha value is -0.120. The summed E-state index contributed by atoms with van der Waals surface area (Å²) in [6.07, 6.45) is 2.46. The van der Waals surface area contributed by atoms with Crippen molar-refractivity contribution >= 4 is 0 Å². The molecule has 1 N–H and O–H groups in total. The normalized spacial score (nSPS) is 24.9. The number of nitrogens with one attached hydrogen (secondary N) is 1. The van der Waals surface area contributed by atoms with E-state index >= 15 is 0 Å². The summed E-state index contributed by atoms with van der Waals surface area (Å²) < 4.78 is 11.0. The summed E-state index contributed by atoms with van der Waals surface area (Å²) in [6.45, 7) is 8.64. The molecule has 0 aromatic heterocycles. The zero-order chi connectivity index (χ0) is 10.2. The van der Waals surface area contributed by atoms with E-state index in [1.165, 1.54) is 12.8 Å². The van der Waals surface area contributed by atoms with Crippen LogP contribution in [0.25, 0.3) is 0 Å². The Kier molecular flexibility index (Phi) is 6.15. The summed E-state index contributed by atoms with van der Waals surface area (Å²) in [4.78, 5) is 0. The molecule has 0 spiro atoms. The van der Waals surface area contributed by atoms with Gasteiger partial charge in [-0.1, -0.05) is 6.92 Å². The number of hydrogen-bond acceptors (Lipinski definition) is 3. The van der Waals surface area contributed by atoms with Gasteiger partial charge in [0, 0.05) is 19.3 Å². The monoisotopic (exact) mass is 201 g/mol. The molecule has 1 heterocycles. The molecule has 84 valence electrons. The van der Waals surface area contributed by atoms with Crippen molar-refractivity contribution in [2.75, 3.05) is 33.0 Å². The van der Waals surface area contributed by atoms with E-state index in [1.54, 1.807) is 0 Å². The van der Waals surface area contributed by atoms with Gasteiger partial charge in [-0.15, -0.1) is 0 Å². The average Bonchev–Trinajstić information content (AvgIpc) is 2.25. The highest BCUT2D eigenvalue weighted by Gasteiger charge is 2.23. The fraction of sp³-hybridized carbons (Fsp3) is 1.00. The van der Waals surface area contributed by atoms with Crippen LogP contribution in [0.1, 0.15) is 26.7 Å². The van der Waals surface area contributed by atoms with Crippen LogP contribution in [0, 0.1) is 5.92 Å². The Bertz CT molecular complexity index is 135. The van der Waals surface area contributed by atoms with E-state index < -0.39 is 0 Å². The number of ether oxygens (including phenoxy) is 2. The third-order valence-electron chi connectivity index (χ3n) is 2.73. The molecule has 3 heteroatoms. The van der Waals surface area contributed by atoms with E-state index in [1.807, 2.05) is 6.92 Å². The average molecular weight is 201 g/mol. The molecular formula is C11H23NO2. The van der Waals surface area contributed by atoms with Gasteiger partial charge < -0.3 is 14.8 Å². The SMILES string of the molecule is CCNC(COCC)C1CCCOC1. The minimum atomic E-state index is 0.472. The lowest BCUT2D eigenvalue weighted by atomic mass is 9.94. The lowest BCUT2D eigenvalue weighted by Crippen LogP contribution is -2.43. The van der Waals surface area contributed by atoms with E-state index in [2.05, 4.69) is 12.2 Å². The van der Waals surface area contributed by atoms with Crippen LogP contribution >= 0.6 is 0 Å². The maximum atomic E-state index is 5.49. The first-order valence-corrected chi connectivity index (χ1v) is 5.77. The van der Waals surface area contributed by atoms with Crippen molar-refractivity contribution in [3.63, 3.8) is 0 Å². The zero-order valence-corrected chi connectivity index (χ0v) is 9.42. The van der Waals surface area contributed by atoms with Gasteiger partial charge >= 0.3 is 0 Å². The molecule has 0 amide bonds. The Balaban J connectivity index is 2.30.